The van der Waals surface area contributed by atoms with Gasteiger partial charge < -0.3 is 13.9 Å². The quantitative estimate of drug-likeness (QED) is 0.153. The Hall–Kier alpha value is -8.40. The molecule has 12 aromatic rings. The van der Waals surface area contributed by atoms with Gasteiger partial charge in [0.25, 0.3) is 0 Å². The SMILES string of the molecule is c1ccc(-c2ccc(N(c3ccc(-c4ccc(-n5c6ccccc6c6ccccc65)cc4)cc3)c3ccc(-c4ccccc4-c4cccc5oc6ccccc6c45)cc3)cc2)cc1. The number of hydrogen-bond acceptors (Lipinski definition) is 2. The summed E-state index contributed by atoms with van der Waals surface area (Å²) in [6, 6.07) is 87.0. The molecule has 0 aliphatic rings. The molecule has 10 aromatic carbocycles. The first kappa shape index (κ1) is 36.5. The molecule has 3 heteroatoms. The third kappa shape index (κ3) is 6.38. The molecule has 63 heavy (non-hydrogen) atoms. The summed E-state index contributed by atoms with van der Waals surface area (Å²) >= 11 is 0. The highest BCUT2D eigenvalue weighted by molar-refractivity contribution is 6.14. The molecule has 12 rings (SSSR count). The summed E-state index contributed by atoms with van der Waals surface area (Å²) in [5, 5.41) is 4.81. The Balaban J connectivity index is 0.901. The Morgan fingerprint density at radius 3 is 1.32 bits per heavy atom. The van der Waals surface area contributed by atoms with Crippen LogP contribution < -0.4 is 4.90 Å². The molecule has 0 unspecified atom stereocenters. The lowest BCUT2D eigenvalue weighted by Gasteiger charge is -2.26. The molecule has 0 saturated heterocycles. The molecule has 0 fully saturated rings. The highest BCUT2D eigenvalue weighted by Crippen LogP contribution is 2.43. The van der Waals surface area contributed by atoms with E-state index in [9.17, 15) is 0 Å². The van der Waals surface area contributed by atoms with Crippen LogP contribution in [0.25, 0.3) is 93.9 Å². The lowest BCUT2D eigenvalue weighted by molar-refractivity contribution is 0.669. The number of benzene rings is 10. The minimum Gasteiger partial charge on any atom is -0.456 e. The molecular weight excluding hydrogens is 765 g/mol. The van der Waals surface area contributed by atoms with Crippen molar-refractivity contribution in [1.29, 1.82) is 0 Å². The molecule has 0 radical (unpaired) electrons. The summed E-state index contributed by atoms with van der Waals surface area (Å²) in [6.45, 7) is 0. The predicted molar refractivity (Wildman–Crippen MR) is 264 cm³/mol. The van der Waals surface area contributed by atoms with Gasteiger partial charge in [-0.2, -0.15) is 0 Å². The second-order valence-electron chi connectivity index (χ2n) is 16.1. The number of para-hydroxylation sites is 3. The molecule has 0 aliphatic carbocycles. The van der Waals surface area contributed by atoms with Crippen molar-refractivity contribution in [3.8, 4) is 50.2 Å². The molecule has 2 heterocycles. The van der Waals surface area contributed by atoms with Crippen LogP contribution in [-0.2, 0) is 0 Å². The molecule has 0 atom stereocenters. The van der Waals surface area contributed by atoms with Gasteiger partial charge in [-0.15, -0.1) is 0 Å². The number of fused-ring (bicyclic) bond motifs is 6. The topological polar surface area (TPSA) is 21.3 Å². The van der Waals surface area contributed by atoms with Gasteiger partial charge in [-0.25, -0.2) is 0 Å². The summed E-state index contributed by atoms with van der Waals surface area (Å²) in [4.78, 5) is 2.35. The zero-order valence-corrected chi connectivity index (χ0v) is 34.4. The monoisotopic (exact) mass is 804 g/mol. The Labute approximate surface area is 366 Å². The van der Waals surface area contributed by atoms with Crippen LogP contribution in [0.4, 0.5) is 17.1 Å². The molecule has 0 aliphatic heterocycles. The summed E-state index contributed by atoms with van der Waals surface area (Å²) in [6.07, 6.45) is 0. The summed E-state index contributed by atoms with van der Waals surface area (Å²) < 4.78 is 8.65. The van der Waals surface area contributed by atoms with E-state index in [0.29, 0.717) is 0 Å². The normalized spacial score (nSPS) is 11.5. The van der Waals surface area contributed by atoms with E-state index in [4.69, 9.17) is 4.42 Å². The number of furan rings is 1. The number of anilines is 3. The van der Waals surface area contributed by atoms with Crippen molar-refractivity contribution in [2.45, 2.75) is 0 Å². The molecule has 0 N–H and O–H groups in total. The van der Waals surface area contributed by atoms with E-state index in [-0.39, 0.29) is 0 Å². The van der Waals surface area contributed by atoms with Gasteiger partial charge in [-0.05, 0) is 117 Å². The maximum Gasteiger partial charge on any atom is 0.136 e. The zero-order chi connectivity index (χ0) is 41.7. The van der Waals surface area contributed by atoms with Crippen LogP contribution in [-0.4, -0.2) is 4.57 Å². The van der Waals surface area contributed by atoms with Gasteiger partial charge in [0.1, 0.15) is 11.2 Å². The van der Waals surface area contributed by atoms with Crippen molar-refractivity contribution >= 4 is 60.8 Å². The predicted octanol–water partition coefficient (Wildman–Crippen LogP) is 16.8. The van der Waals surface area contributed by atoms with Crippen molar-refractivity contribution in [3.63, 3.8) is 0 Å². The Kier molecular flexibility index (Phi) is 8.83. The van der Waals surface area contributed by atoms with Crippen LogP contribution in [0.1, 0.15) is 0 Å². The third-order valence-corrected chi connectivity index (χ3v) is 12.5. The van der Waals surface area contributed by atoms with Crippen molar-refractivity contribution in [2.75, 3.05) is 4.90 Å². The Bertz CT molecular complexity index is 3530. The second kappa shape index (κ2) is 15.3. The van der Waals surface area contributed by atoms with Crippen molar-refractivity contribution in [2.24, 2.45) is 0 Å². The van der Waals surface area contributed by atoms with Gasteiger partial charge in [0.05, 0.1) is 11.0 Å². The Morgan fingerprint density at radius 1 is 0.286 bits per heavy atom. The van der Waals surface area contributed by atoms with Gasteiger partial charge in [-0.3, -0.25) is 0 Å². The molecule has 3 nitrogen and oxygen atoms in total. The fourth-order valence-corrected chi connectivity index (χ4v) is 9.45. The summed E-state index contributed by atoms with van der Waals surface area (Å²) in [5.74, 6) is 0. The minimum atomic E-state index is 0.898. The van der Waals surface area contributed by atoms with Gasteiger partial charge in [-0.1, -0.05) is 170 Å². The maximum atomic E-state index is 6.29. The molecule has 296 valence electrons. The van der Waals surface area contributed by atoms with Gasteiger partial charge in [0.15, 0.2) is 0 Å². The summed E-state index contributed by atoms with van der Waals surface area (Å²) in [7, 11) is 0. The van der Waals surface area contributed by atoms with Gasteiger partial charge >= 0.3 is 0 Å². The first-order chi connectivity index (χ1) is 31.2. The largest absolute Gasteiger partial charge is 0.456 e. The zero-order valence-electron chi connectivity index (χ0n) is 34.4. The van der Waals surface area contributed by atoms with E-state index in [0.717, 1.165) is 50.3 Å². The van der Waals surface area contributed by atoms with E-state index in [1.54, 1.807) is 0 Å². The van der Waals surface area contributed by atoms with Gasteiger partial charge in [0.2, 0.25) is 0 Å². The van der Waals surface area contributed by atoms with Crippen LogP contribution >= 0.6 is 0 Å². The average molecular weight is 805 g/mol. The average Bonchev–Trinajstić information content (AvgIpc) is 3.91. The van der Waals surface area contributed by atoms with E-state index in [2.05, 4.69) is 240 Å². The first-order valence-electron chi connectivity index (χ1n) is 21.5. The summed E-state index contributed by atoms with van der Waals surface area (Å²) in [5.41, 5.74) is 18.0. The lowest BCUT2D eigenvalue weighted by atomic mass is 9.92. The van der Waals surface area contributed by atoms with Crippen molar-refractivity contribution in [3.05, 3.63) is 243 Å². The first-order valence-corrected chi connectivity index (χ1v) is 21.5. The molecule has 0 bridgehead atoms. The standard InChI is InChI=1S/C60H40N2O/c1-2-13-41(14-3-1)42-25-33-46(34-26-42)61(47-35-27-43(28-36-47)44-29-37-49(38-30-44)62-56-21-9-6-17-52(56)53-18-7-10-22-57(53)62)48-39-31-45(32-40-48)50-15-4-5-16-51(50)54-20-12-24-59-60(54)55-19-8-11-23-58(55)63-59/h1-40H. The molecular formula is C60H40N2O. The fraction of sp³-hybridized carbons (Fsp3) is 0. The Morgan fingerprint density at radius 2 is 0.714 bits per heavy atom. The van der Waals surface area contributed by atoms with E-state index < -0.39 is 0 Å². The fourth-order valence-electron chi connectivity index (χ4n) is 9.45. The van der Waals surface area contributed by atoms with Crippen LogP contribution in [0.3, 0.4) is 0 Å². The van der Waals surface area contributed by atoms with Crippen LogP contribution in [0, 0.1) is 0 Å². The number of rotatable bonds is 8. The molecule has 0 amide bonds. The number of nitrogens with zero attached hydrogens (tertiary/aromatic N) is 2. The smallest absolute Gasteiger partial charge is 0.136 e. The van der Waals surface area contributed by atoms with E-state index >= 15 is 0 Å². The highest BCUT2D eigenvalue weighted by atomic mass is 16.3. The second-order valence-corrected chi connectivity index (χ2v) is 16.1. The molecule has 2 aromatic heterocycles. The van der Waals surface area contributed by atoms with E-state index in [1.807, 2.05) is 12.1 Å². The highest BCUT2D eigenvalue weighted by Gasteiger charge is 2.18. The molecule has 0 saturated carbocycles. The van der Waals surface area contributed by atoms with Crippen molar-refractivity contribution in [1.82, 2.24) is 4.57 Å². The van der Waals surface area contributed by atoms with Crippen LogP contribution in [0.5, 0.6) is 0 Å². The maximum absolute atomic E-state index is 6.29. The lowest BCUT2D eigenvalue weighted by Crippen LogP contribution is -2.09. The van der Waals surface area contributed by atoms with Crippen LogP contribution in [0.2, 0.25) is 0 Å². The third-order valence-electron chi connectivity index (χ3n) is 12.5. The number of hydrogen-bond donors (Lipinski definition) is 0. The minimum absolute atomic E-state index is 0.898. The van der Waals surface area contributed by atoms with Crippen molar-refractivity contribution < 1.29 is 4.42 Å². The van der Waals surface area contributed by atoms with E-state index in [1.165, 1.54) is 60.8 Å². The number of aromatic nitrogens is 1. The molecule has 0 spiro atoms. The van der Waals surface area contributed by atoms with Crippen LogP contribution in [0.15, 0.2) is 247 Å². The van der Waals surface area contributed by atoms with Gasteiger partial charge in [0, 0.05) is 44.3 Å².